The highest BCUT2D eigenvalue weighted by molar-refractivity contribution is 6.39. The summed E-state index contributed by atoms with van der Waals surface area (Å²) in [5.74, 6) is 0.462. The van der Waals surface area contributed by atoms with Gasteiger partial charge in [-0.15, -0.1) is 0 Å². The van der Waals surface area contributed by atoms with Crippen molar-refractivity contribution in [3.8, 4) is 28.1 Å². The third kappa shape index (κ3) is 6.99. The van der Waals surface area contributed by atoms with Crippen LogP contribution in [0.4, 0.5) is 5.69 Å². The number of nitrogens with one attached hydrogen (secondary N) is 2. The van der Waals surface area contributed by atoms with Gasteiger partial charge in [0.25, 0.3) is 5.91 Å². The zero-order valence-electron chi connectivity index (χ0n) is 24.0. The zero-order chi connectivity index (χ0) is 30.5. The molecule has 2 aromatic carbocycles. The predicted octanol–water partition coefficient (Wildman–Crippen LogP) is 6.66. The van der Waals surface area contributed by atoms with E-state index >= 15 is 0 Å². The molecule has 0 saturated carbocycles. The lowest BCUT2D eigenvalue weighted by atomic mass is 10.0. The van der Waals surface area contributed by atoms with Gasteiger partial charge in [0, 0.05) is 67.2 Å². The van der Waals surface area contributed by atoms with Crippen LogP contribution in [0.5, 0.6) is 5.75 Å². The number of halogens is 2. The summed E-state index contributed by atoms with van der Waals surface area (Å²) in [6.45, 7) is 7.59. The fourth-order valence-corrected chi connectivity index (χ4v) is 5.72. The standard InChI is InChI=1S/C33H32Cl2N5O3/c1-20-7-10-28(38-18-20)33(42)39-27-6-4-5-25(30(27)34)26-11-14-36-32(31(26)35)22-8-9-23(29(17-22)43-3)19-37-24-12-15-40(16-13-24)21(2)41/h4-11,14,17-18,24,37H,1,12-13,15-16,19H2,2-3H3,(H,39,42). The molecular weight excluding hydrogens is 585 g/mol. The third-order valence-electron chi connectivity index (χ3n) is 7.57. The Balaban J connectivity index is 1.35. The molecule has 1 radical (unpaired) electrons. The van der Waals surface area contributed by atoms with E-state index in [1.165, 1.54) is 6.20 Å². The summed E-state index contributed by atoms with van der Waals surface area (Å²) >= 11 is 13.7. The van der Waals surface area contributed by atoms with E-state index in [2.05, 4.69) is 27.5 Å². The second-order valence-corrected chi connectivity index (χ2v) is 11.1. The molecule has 8 nitrogen and oxygen atoms in total. The third-order valence-corrected chi connectivity index (χ3v) is 8.36. The molecular formula is C33H32Cl2N5O3. The van der Waals surface area contributed by atoms with Crippen molar-refractivity contribution in [1.29, 1.82) is 0 Å². The van der Waals surface area contributed by atoms with Crippen molar-refractivity contribution in [2.75, 3.05) is 25.5 Å². The van der Waals surface area contributed by atoms with Gasteiger partial charge in [-0.3, -0.25) is 19.6 Å². The Labute approximate surface area is 261 Å². The van der Waals surface area contributed by atoms with E-state index in [1.807, 2.05) is 29.2 Å². The number of aromatic nitrogens is 2. The van der Waals surface area contributed by atoms with Crippen LogP contribution in [0.25, 0.3) is 22.4 Å². The van der Waals surface area contributed by atoms with E-state index in [9.17, 15) is 9.59 Å². The van der Waals surface area contributed by atoms with E-state index in [-0.39, 0.29) is 17.5 Å². The van der Waals surface area contributed by atoms with Crippen molar-refractivity contribution in [2.45, 2.75) is 32.4 Å². The van der Waals surface area contributed by atoms with Crippen LogP contribution < -0.4 is 15.4 Å². The predicted molar refractivity (Wildman–Crippen MR) is 170 cm³/mol. The molecule has 1 aliphatic heterocycles. The summed E-state index contributed by atoms with van der Waals surface area (Å²) in [6.07, 6.45) is 5.04. The molecule has 2 aromatic heterocycles. The lowest BCUT2D eigenvalue weighted by Gasteiger charge is -2.32. The minimum atomic E-state index is -0.385. The number of carbonyl (C=O) groups is 2. The summed E-state index contributed by atoms with van der Waals surface area (Å²) < 4.78 is 5.73. The fourth-order valence-electron chi connectivity index (χ4n) is 5.13. The highest BCUT2D eigenvalue weighted by Crippen LogP contribution is 2.41. The molecule has 43 heavy (non-hydrogen) atoms. The quantitative estimate of drug-likeness (QED) is 0.230. The smallest absolute Gasteiger partial charge is 0.274 e. The van der Waals surface area contributed by atoms with E-state index in [0.717, 1.165) is 42.8 Å². The largest absolute Gasteiger partial charge is 0.496 e. The number of ether oxygens (including phenoxy) is 1. The number of hydrogen-bond acceptors (Lipinski definition) is 6. The van der Waals surface area contributed by atoms with E-state index in [4.69, 9.17) is 27.9 Å². The SMILES string of the molecule is [CH2]c1ccc(C(=O)Nc2cccc(-c3ccnc(-c4ccc(CNC5CCN(C(C)=O)CC5)c(OC)c4)c3Cl)c2Cl)nc1. The molecule has 0 spiro atoms. The average Bonchev–Trinajstić information content (AvgIpc) is 3.02. The summed E-state index contributed by atoms with van der Waals surface area (Å²) in [7, 11) is 1.64. The van der Waals surface area contributed by atoms with Crippen LogP contribution in [-0.4, -0.2) is 52.9 Å². The van der Waals surface area contributed by atoms with Gasteiger partial charge in [0.15, 0.2) is 0 Å². The Morgan fingerprint density at radius 3 is 2.49 bits per heavy atom. The first-order chi connectivity index (χ1) is 20.7. The maximum absolute atomic E-state index is 12.8. The molecule has 0 unspecified atom stereocenters. The maximum Gasteiger partial charge on any atom is 0.274 e. The van der Waals surface area contributed by atoms with Gasteiger partial charge in [0.1, 0.15) is 11.4 Å². The monoisotopic (exact) mass is 616 g/mol. The highest BCUT2D eigenvalue weighted by atomic mass is 35.5. The second-order valence-electron chi connectivity index (χ2n) is 10.4. The first-order valence-electron chi connectivity index (χ1n) is 13.9. The molecule has 10 heteroatoms. The normalized spacial score (nSPS) is 13.6. The first-order valence-corrected chi connectivity index (χ1v) is 14.7. The van der Waals surface area contributed by atoms with Gasteiger partial charge in [0.05, 0.1) is 28.5 Å². The summed E-state index contributed by atoms with van der Waals surface area (Å²) in [5.41, 5.74) is 5.12. The van der Waals surface area contributed by atoms with Gasteiger partial charge in [-0.25, -0.2) is 0 Å². The second kappa shape index (κ2) is 13.5. The van der Waals surface area contributed by atoms with Crippen molar-refractivity contribution in [3.05, 3.63) is 101 Å². The van der Waals surface area contributed by atoms with Gasteiger partial charge >= 0.3 is 0 Å². The Bertz CT molecular complexity index is 1640. The molecule has 5 rings (SSSR count). The Morgan fingerprint density at radius 2 is 1.79 bits per heavy atom. The molecule has 1 fully saturated rings. The topological polar surface area (TPSA) is 96.5 Å². The lowest BCUT2D eigenvalue weighted by molar-refractivity contribution is -0.129. The Hall–Kier alpha value is -3.98. The minimum Gasteiger partial charge on any atom is -0.496 e. The number of hydrogen-bond donors (Lipinski definition) is 2. The number of amides is 2. The van der Waals surface area contributed by atoms with Crippen molar-refractivity contribution in [1.82, 2.24) is 20.2 Å². The van der Waals surface area contributed by atoms with E-state index in [1.54, 1.807) is 50.6 Å². The molecule has 1 saturated heterocycles. The molecule has 2 amide bonds. The van der Waals surface area contributed by atoms with Crippen molar-refractivity contribution >= 4 is 40.7 Å². The zero-order valence-corrected chi connectivity index (χ0v) is 25.5. The Kier molecular flexibility index (Phi) is 9.60. The van der Waals surface area contributed by atoms with Crippen LogP contribution in [0.2, 0.25) is 10.0 Å². The summed E-state index contributed by atoms with van der Waals surface area (Å²) in [5, 5.41) is 7.20. The van der Waals surface area contributed by atoms with E-state index in [0.29, 0.717) is 50.7 Å². The van der Waals surface area contributed by atoms with Crippen LogP contribution in [0.15, 0.2) is 67.0 Å². The number of piperidine rings is 1. The summed E-state index contributed by atoms with van der Waals surface area (Å²) in [6, 6.07) is 16.7. The fraction of sp³-hybridized carbons (Fsp3) is 0.242. The minimum absolute atomic E-state index is 0.127. The molecule has 4 aromatic rings. The molecule has 0 atom stereocenters. The van der Waals surface area contributed by atoms with Gasteiger partial charge in [-0.05, 0) is 49.6 Å². The molecule has 0 bridgehead atoms. The molecule has 2 N–H and O–H groups in total. The van der Waals surface area contributed by atoms with Crippen molar-refractivity contribution in [2.24, 2.45) is 0 Å². The van der Waals surface area contributed by atoms with Crippen LogP contribution in [0.1, 0.15) is 41.4 Å². The molecule has 221 valence electrons. The van der Waals surface area contributed by atoms with Crippen LogP contribution in [0, 0.1) is 6.92 Å². The number of pyridine rings is 2. The number of likely N-dealkylation sites (tertiary alicyclic amines) is 1. The van der Waals surface area contributed by atoms with Crippen LogP contribution >= 0.6 is 23.2 Å². The van der Waals surface area contributed by atoms with Crippen molar-refractivity contribution in [3.63, 3.8) is 0 Å². The highest BCUT2D eigenvalue weighted by Gasteiger charge is 2.21. The number of methoxy groups -OCH3 is 1. The van der Waals surface area contributed by atoms with Gasteiger partial charge < -0.3 is 20.3 Å². The lowest BCUT2D eigenvalue weighted by Crippen LogP contribution is -2.43. The molecule has 3 heterocycles. The summed E-state index contributed by atoms with van der Waals surface area (Å²) in [4.78, 5) is 35.0. The Morgan fingerprint density at radius 1 is 1.02 bits per heavy atom. The van der Waals surface area contributed by atoms with Gasteiger partial charge in [-0.2, -0.15) is 0 Å². The van der Waals surface area contributed by atoms with Gasteiger partial charge in [0.2, 0.25) is 5.91 Å². The average molecular weight is 618 g/mol. The number of rotatable bonds is 8. The number of benzene rings is 2. The number of nitrogens with zero attached hydrogens (tertiary/aromatic N) is 3. The maximum atomic E-state index is 12.8. The molecule has 0 aliphatic carbocycles. The van der Waals surface area contributed by atoms with Crippen LogP contribution in [0.3, 0.4) is 0 Å². The first kappa shape index (κ1) is 30.5. The number of carbonyl (C=O) groups excluding carboxylic acids is 2. The van der Waals surface area contributed by atoms with Crippen LogP contribution in [-0.2, 0) is 11.3 Å². The number of anilines is 1. The molecule has 1 aliphatic rings. The van der Waals surface area contributed by atoms with E-state index < -0.39 is 0 Å². The van der Waals surface area contributed by atoms with Crippen molar-refractivity contribution < 1.29 is 14.3 Å². The van der Waals surface area contributed by atoms with Gasteiger partial charge in [-0.1, -0.05) is 53.5 Å².